The van der Waals surface area contributed by atoms with Crippen LogP contribution in [0.1, 0.15) is 13.8 Å². The van der Waals surface area contributed by atoms with Crippen LogP contribution in [-0.2, 0) is 4.79 Å². The predicted octanol–water partition coefficient (Wildman–Crippen LogP) is 1.64. The number of rotatable bonds is 4. The number of hydrogen-bond acceptors (Lipinski definition) is 6. The van der Waals surface area contributed by atoms with Crippen LogP contribution in [0.5, 0.6) is 0 Å². The summed E-state index contributed by atoms with van der Waals surface area (Å²) in [4.78, 5) is 14.0. The van der Waals surface area contributed by atoms with Gasteiger partial charge in [-0.3, -0.25) is 4.79 Å². The van der Waals surface area contributed by atoms with Crippen LogP contribution in [0.15, 0.2) is 16.5 Å². The number of hydrogen-bond donors (Lipinski definition) is 1. The Morgan fingerprint density at radius 2 is 2.44 bits per heavy atom. The number of nitrogens with zero attached hydrogens (tertiary/aromatic N) is 3. The third-order valence-electron chi connectivity index (χ3n) is 2.74. The molecule has 0 saturated carbocycles. The molecular formula is C11H16N4OS2. The summed E-state index contributed by atoms with van der Waals surface area (Å²) in [5, 5.41) is 8.05. The number of thioether (sulfide) groups is 1. The molecule has 1 aromatic heterocycles. The highest BCUT2D eigenvalue weighted by Crippen LogP contribution is 2.25. The first kappa shape index (κ1) is 13.4. The minimum Gasteiger partial charge on any atom is -0.374 e. The second-order valence-corrected chi connectivity index (χ2v) is 6.64. The Balaban J connectivity index is 1.88. The molecule has 0 bridgehead atoms. The van der Waals surface area contributed by atoms with E-state index in [1.807, 2.05) is 4.90 Å². The summed E-state index contributed by atoms with van der Waals surface area (Å²) in [6.07, 6.45) is 4.16. The number of carbonyl (C=O) groups excluding carboxylic acids is 1. The lowest BCUT2D eigenvalue weighted by Crippen LogP contribution is -2.40. The Kier molecular flexibility index (Phi) is 4.23. The molecule has 1 aliphatic rings. The van der Waals surface area contributed by atoms with Crippen LogP contribution < -0.4 is 5.73 Å². The molecule has 5 nitrogen and oxygen atoms in total. The topological polar surface area (TPSA) is 72.1 Å². The van der Waals surface area contributed by atoms with Crippen LogP contribution >= 0.6 is 23.1 Å². The van der Waals surface area contributed by atoms with Crippen molar-refractivity contribution in [3.63, 3.8) is 0 Å². The maximum atomic E-state index is 12.1. The number of nitrogen functional groups attached to an aromatic ring is 1. The molecular weight excluding hydrogens is 268 g/mol. The van der Waals surface area contributed by atoms with E-state index in [1.54, 1.807) is 0 Å². The Morgan fingerprint density at radius 1 is 1.67 bits per heavy atom. The molecule has 7 heteroatoms. The van der Waals surface area contributed by atoms with Crippen molar-refractivity contribution in [2.45, 2.75) is 24.2 Å². The summed E-state index contributed by atoms with van der Waals surface area (Å²) in [6.45, 7) is 4.96. The van der Waals surface area contributed by atoms with Gasteiger partial charge < -0.3 is 10.6 Å². The summed E-state index contributed by atoms with van der Waals surface area (Å²) in [5.74, 6) is 0.965. The maximum absolute atomic E-state index is 12.1. The predicted molar refractivity (Wildman–Crippen MR) is 74.5 cm³/mol. The zero-order valence-corrected chi connectivity index (χ0v) is 12.0. The Morgan fingerprint density at radius 3 is 3.06 bits per heavy atom. The van der Waals surface area contributed by atoms with Crippen molar-refractivity contribution >= 4 is 34.1 Å². The third-order valence-corrected chi connectivity index (χ3v) is 4.61. The van der Waals surface area contributed by atoms with E-state index in [-0.39, 0.29) is 11.9 Å². The lowest BCUT2D eigenvalue weighted by molar-refractivity contribution is -0.129. The van der Waals surface area contributed by atoms with E-state index < -0.39 is 0 Å². The SMILES string of the molecule is CC(C)[C@H]1C=CCN1C(=O)CSc1nnc(N)s1. The van der Waals surface area contributed by atoms with Crippen LogP contribution in [0.25, 0.3) is 0 Å². The first-order valence-corrected chi connectivity index (χ1v) is 7.56. The van der Waals surface area contributed by atoms with Gasteiger partial charge >= 0.3 is 0 Å². The minimum absolute atomic E-state index is 0.137. The molecule has 2 N–H and O–H groups in total. The summed E-state index contributed by atoms with van der Waals surface area (Å²) >= 11 is 2.71. The van der Waals surface area contributed by atoms with Gasteiger partial charge in [0.05, 0.1) is 11.8 Å². The van der Waals surface area contributed by atoms with E-state index in [4.69, 9.17) is 5.73 Å². The minimum atomic E-state index is 0.137. The average molecular weight is 284 g/mol. The standard InChI is InChI=1S/C11H16N4OS2/c1-7(2)8-4-3-5-15(8)9(16)6-17-11-14-13-10(12)18-11/h3-4,7-8H,5-6H2,1-2H3,(H2,12,13)/t8-/m1/s1. The number of carbonyl (C=O) groups is 1. The van der Waals surface area contributed by atoms with Gasteiger partial charge in [-0.25, -0.2) is 0 Å². The molecule has 1 atom stereocenters. The van der Waals surface area contributed by atoms with Crippen LogP contribution in [0.2, 0.25) is 0 Å². The zero-order chi connectivity index (χ0) is 13.1. The van der Waals surface area contributed by atoms with Crippen molar-refractivity contribution < 1.29 is 4.79 Å². The van der Waals surface area contributed by atoms with Crippen molar-refractivity contribution in [2.24, 2.45) is 5.92 Å². The van der Waals surface area contributed by atoms with E-state index >= 15 is 0 Å². The Labute approximate surface area is 114 Å². The molecule has 1 aromatic rings. The average Bonchev–Trinajstić information content (AvgIpc) is 2.94. The van der Waals surface area contributed by atoms with Gasteiger partial charge in [-0.05, 0) is 5.92 Å². The van der Waals surface area contributed by atoms with E-state index in [2.05, 4.69) is 36.2 Å². The van der Waals surface area contributed by atoms with E-state index in [0.29, 0.717) is 23.3 Å². The van der Waals surface area contributed by atoms with Gasteiger partial charge in [0.25, 0.3) is 0 Å². The molecule has 0 saturated heterocycles. The molecule has 98 valence electrons. The van der Waals surface area contributed by atoms with Crippen molar-refractivity contribution in [1.82, 2.24) is 15.1 Å². The van der Waals surface area contributed by atoms with E-state index in [9.17, 15) is 4.79 Å². The zero-order valence-electron chi connectivity index (χ0n) is 10.4. The van der Waals surface area contributed by atoms with Crippen molar-refractivity contribution in [3.8, 4) is 0 Å². The highest BCUT2D eigenvalue weighted by molar-refractivity contribution is 8.01. The van der Waals surface area contributed by atoms with Gasteiger partial charge in [0, 0.05) is 6.54 Å². The molecule has 0 unspecified atom stereocenters. The fraction of sp³-hybridized carbons (Fsp3) is 0.545. The number of amides is 1. The highest BCUT2D eigenvalue weighted by atomic mass is 32.2. The first-order valence-electron chi connectivity index (χ1n) is 5.76. The molecule has 0 fully saturated rings. The molecule has 2 heterocycles. The first-order chi connectivity index (χ1) is 8.58. The quantitative estimate of drug-likeness (QED) is 0.672. The van der Waals surface area contributed by atoms with Crippen LogP contribution in [0.4, 0.5) is 5.13 Å². The lowest BCUT2D eigenvalue weighted by atomic mass is 10.0. The molecule has 2 rings (SSSR count). The largest absolute Gasteiger partial charge is 0.374 e. The van der Waals surface area contributed by atoms with Crippen molar-refractivity contribution in [2.75, 3.05) is 18.0 Å². The van der Waals surface area contributed by atoms with Crippen LogP contribution in [0.3, 0.4) is 0 Å². The van der Waals surface area contributed by atoms with E-state index in [1.165, 1.54) is 23.1 Å². The van der Waals surface area contributed by atoms with E-state index in [0.717, 1.165) is 4.34 Å². The summed E-state index contributed by atoms with van der Waals surface area (Å²) in [5.41, 5.74) is 5.50. The summed E-state index contributed by atoms with van der Waals surface area (Å²) < 4.78 is 0.745. The van der Waals surface area contributed by atoms with Gasteiger partial charge in [0.15, 0.2) is 4.34 Å². The molecule has 0 spiro atoms. The third kappa shape index (κ3) is 3.02. The molecule has 0 aliphatic carbocycles. The van der Waals surface area contributed by atoms with Gasteiger partial charge in [-0.2, -0.15) is 0 Å². The van der Waals surface area contributed by atoms with Gasteiger partial charge in [0.1, 0.15) is 0 Å². The van der Waals surface area contributed by atoms with Gasteiger partial charge in [-0.15, -0.1) is 10.2 Å². The summed E-state index contributed by atoms with van der Waals surface area (Å²) in [7, 11) is 0. The Hall–Kier alpha value is -1.08. The molecule has 1 aliphatic heterocycles. The monoisotopic (exact) mass is 284 g/mol. The Bertz CT molecular complexity index is 458. The smallest absolute Gasteiger partial charge is 0.233 e. The number of aromatic nitrogens is 2. The van der Waals surface area contributed by atoms with Crippen molar-refractivity contribution in [3.05, 3.63) is 12.2 Å². The van der Waals surface area contributed by atoms with Crippen molar-refractivity contribution in [1.29, 1.82) is 0 Å². The molecule has 0 aromatic carbocycles. The normalized spacial score (nSPS) is 18.8. The lowest BCUT2D eigenvalue weighted by Gasteiger charge is -2.27. The number of anilines is 1. The molecule has 0 radical (unpaired) electrons. The van der Waals surface area contributed by atoms with Gasteiger partial charge in [0.2, 0.25) is 11.0 Å². The fourth-order valence-corrected chi connectivity index (χ4v) is 3.40. The second-order valence-electron chi connectivity index (χ2n) is 4.40. The molecule has 18 heavy (non-hydrogen) atoms. The second kappa shape index (κ2) is 5.71. The van der Waals surface area contributed by atoms with Gasteiger partial charge in [-0.1, -0.05) is 49.1 Å². The summed E-state index contributed by atoms with van der Waals surface area (Å²) in [6, 6.07) is 0.220. The maximum Gasteiger partial charge on any atom is 0.233 e. The van der Waals surface area contributed by atoms with Crippen LogP contribution in [0, 0.1) is 5.92 Å². The van der Waals surface area contributed by atoms with Crippen LogP contribution in [-0.4, -0.2) is 39.3 Å². The highest BCUT2D eigenvalue weighted by Gasteiger charge is 2.26. The molecule has 1 amide bonds. The number of nitrogens with two attached hydrogens (primary N) is 1. The fourth-order valence-electron chi connectivity index (χ4n) is 1.87.